The van der Waals surface area contributed by atoms with Crippen LogP contribution in [0.25, 0.3) is 0 Å². The third-order valence-corrected chi connectivity index (χ3v) is 3.16. The summed E-state index contributed by atoms with van der Waals surface area (Å²) < 4.78 is 13.4. The Balaban J connectivity index is 2.70. The molecule has 0 radical (unpaired) electrons. The summed E-state index contributed by atoms with van der Waals surface area (Å²) in [5.74, 6) is -0.549. The number of benzene rings is 1. The van der Waals surface area contributed by atoms with Gasteiger partial charge in [0.25, 0.3) is 0 Å². The molecule has 0 heterocycles. The lowest BCUT2D eigenvalue weighted by Crippen LogP contribution is -2.43. The molecule has 0 aliphatic heterocycles. The van der Waals surface area contributed by atoms with E-state index < -0.39 is 0 Å². The van der Waals surface area contributed by atoms with Crippen LogP contribution in [0.2, 0.25) is 0 Å². The molecule has 0 aliphatic carbocycles. The molecule has 1 aromatic rings. The minimum absolute atomic E-state index is 0.00458. The molecule has 1 atom stereocenters. The number of aryl methyl sites for hydroxylation is 1. The van der Waals surface area contributed by atoms with Crippen molar-refractivity contribution < 1.29 is 14.3 Å². The standard InChI is InChI=1S/C14H21FN2O2/c1-4-17(7-8-18)11(3)14(19)16-12-6-5-10(2)13(15)9-12/h5-6,9,11,18H,4,7-8H2,1-3H3,(H,16,19). The molecule has 2 N–H and O–H groups in total. The first-order chi connectivity index (χ1) is 8.99. The highest BCUT2D eigenvalue weighted by Gasteiger charge is 2.19. The van der Waals surface area contributed by atoms with Crippen LogP contribution in [0.1, 0.15) is 19.4 Å². The van der Waals surface area contributed by atoms with Crippen molar-refractivity contribution in [2.75, 3.05) is 25.0 Å². The van der Waals surface area contributed by atoms with Crippen LogP contribution < -0.4 is 5.32 Å². The van der Waals surface area contributed by atoms with Gasteiger partial charge in [-0.2, -0.15) is 0 Å². The number of hydrogen-bond donors (Lipinski definition) is 2. The number of amides is 1. The van der Waals surface area contributed by atoms with E-state index in [-0.39, 0.29) is 24.4 Å². The summed E-state index contributed by atoms with van der Waals surface area (Å²) in [5.41, 5.74) is 0.988. The Kier molecular flexibility index (Phi) is 5.92. The third-order valence-electron chi connectivity index (χ3n) is 3.16. The summed E-state index contributed by atoms with van der Waals surface area (Å²) in [6.07, 6.45) is 0. The highest BCUT2D eigenvalue weighted by atomic mass is 19.1. The fraction of sp³-hybridized carbons (Fsp3) is 0.500. The van der Waals surface area contributed by atoms with E-state index in [1.165, 1.54) is 6.07 Å². The van der Waals surface area contributed by atoms with Gasteiger partial charge in [-0.05, 0) is 38.1 Å². The van der Waals surface area contributed by atoms with Crippen molar-refractivity contribution in [2.45, 2.75) is 26.8 Å². The summed E-state index contributed by atoms with van der Waals surface area (Å²) in [5, 5.41) is 11.6. The molecule has 19 heavy (non-hydrogen) atoms. The van der Waals surface area contributed by atoms with Crippen LogP contribution in [0.4, 0.5) is 10.1 Å². The summed E-state index contributed by atoms with van der Waals surface area (Å²) in [6.45, 7) is 6.46. The van der Waals surface area contributed by atoms with Crippen molar-refractivity contribution >= 4 is 11.6 Å². The lowest BCUT2D eigenvalue weighted by atomic mass is 10.2. The average Bonchev–Trinajstić information content (AvgIpc) is 2.39. The molecule has 0 aliphatic rings. The molecular formula is C14H21FN2O2. The van der Waals surface area contributed by atoms with Crippen molar-refractivity contribution in [1.82, 2.24) is 4.90 Å². The highest BCUT2D eigenvalue weighted by Crippen LogP contribution is 2.14. The quantitative estimate of drug-likeness (QED) is 0.827. The van der Waals surface area contributed by atoms with Gasteiger partial charge in [-0.1, -0.05) is 13.0 Å². The molecule has 1 unspecified atom stereocenters. The van der Waals surface area contributed by atoms with E-state index in [0.29, 0.717) is 24.3 Å². The largest absolute Gasteiger partial charge is 0.395 e. The SMILES string of the molecule is CCN(CCO)C(C)C(=O)Nc1ccc(C)c(F)c1. The Labute approximate surface area is 113 Å². The predicted octanol–water partition coefficient (Wildman–Crippen LogP) is 1.78. The molecule has 0 bridgehead atoms. The molecule has 1 amide bonds. The number of halogens is 1. The van der Waals surface area contributed by atoms with Gasteiger partial charge in [0.05, 0.1) is 12.6 Å². The first-order valence-electron chi connectivity index (χ1n) is 6.41. The van der Waals surface area contributed by atoms with Crippen molar-refractivity contribution in [3.63, 3.8) is 0 Å². The molecular weight excluding hydrogens is 247 g/mol. The summed E-state index contributed by atoms with van der Waals surface area (Å²) >= 11 is 0. The lowest BCUT2D eigenvalue weighted by Gasteiger charge is -2.26. The second-order valence-electron chi connectivity index (χ2n) is 4.48. The highest BCUT2D eigenvalue weighted by molar-refractivity contribution is 5.94. The number of aliphatic hydroxyl groups excluding tert-OH is 1. The van der Waals surface area contributed by atoms with Gasteiger partial charge < -0.3 is 10.4 Å². The number of hydrogen-bond acceptors (Lipinski definition) is 3. The van der Waals surface area contributed by atoms with Gasteiger partial charge in [-0.25, -0.2) is 4.39 Å². The van der Waals surface area contributed by atoms with E-state index >= 15 is 0 Å². The monoisotopic (exact) mass is 268 g/mol. The van der Waals surface area contributed by atoms with Gasteiger partial charge in [0, 0.05) is 12.2 Å². The maximum Gasteiger partial charge on any atom is 0.241 e. The van der Waals surface area contributed by atoms with Crippen molar-refractivity contribution in [1.29, 1.82) is 0 Å². The van der Waals surface area contributed by atoms with Gasteiger partial charge in [0.2, 0.25) is 5.91 Å². The fourth-order valence-corrected chi connectivity index (χ4v) is 1.84. The van der Waals surface area contributed by atoms with E-state index in [9.17, 15) is 9.18 Å². The van der Waals surface area contributed by atoms with E-state index in [1.807, 2.05) is 11.8 Å². The van der Waals surface area contributed by atoms with Gasteiger partial charge in [0.15, 0.2) is 0 Å². The van der Waals surface area contributed by atoms with Crippen molar-refractivity contribution in [2.24, 2.45) is 0 Å². The Bertz CT molecular complexity index is 437. The Hall–Kier alpha value is -1.46. The molecule has 0 aromatic heterocycles. The van der Waals surface area contributed by atoms with Crippen LogP contribution in [0, 0.1) is 12.7 Å². The molecule has 0 saturated heterocycles. The maximum atomic E-state index is 13.4. The average molecular weight is 268 g/mol. The van der Waals surface area contributed by atoms with Crippen molar-refractivity contribution in [3.8, 4) is 0 Å². The topological polar surface area (TPSA) is 52.6 Å². The number of aliphatic hydroxyl groups is 1. The van der Waals surface area contributed by atoms with Gasteiger partial charge >= 0.3 is 0 Å². The van der Waals surface area contributed by atoms with Crippen LogP contribution in [0.15, 0.2) is 18.2 Å². The Morgan fingerprint density at radius 3 is 2.74 bits per heavy atom. The maximum absolute atomic E-state index is 13.4. The van der Waals surface area contributed by atoms with Crippen LogP contribution in [-0.4, -0.2) is 41.7 Å². The first-order valence-corrected chi connectivity index (χ1v) is 6.41. The summed E-state index contributed by atoms with van der Waals surface area (Å²) in [7, 11) is 0. The van der Waals surface area contributed by atoms with Crippen LogP contribution in [-0.2, 0) is 4.79 Å². The number of rotatable bonds is 6. The minimum atomic E-state index is -0.374. The predicted molar refractivity (Wildman–Crippen MR) is 73.6 cm³/mol. The summed E-state index contributed by atoms with van der Waals surface area (Å²) in [4.78, 5) is 13.9. The van der Waals surface area contributed by atoms with E-state index in [0.717, 1.165) is 0 Å². The van der Waals surface area contributed by atoms with Crippen LogP contribution in [0.5, 0.6) is 0 Å². The molecule has 0 spiro atoms. The number of likely N-dealkylation sites (N-methyl/N-ethyl adjacent to an activating group) is 1. The smallest absolute Gasteiger partial charge is 0.241 e. The zero-order valence-electron chi connectivity index (χ0n) is 11.6. The van der Waals surface area contributed by atoms with Crippen LogP contribution in [0.3, 0.4) is 0 Å². The zero-order valence-corrected chi connectivity index (χ0v) is 11.6. The first kappa shape index (κ1) is 15.6. The number of carbonyl (C=O) groups is 1. The van der Waals surface area contributed by atoms with Gasteiger partial charge in [-0.3, -0.25) is 9.69 Å². The molecule has 5 heteroatoms. The molecule has 1 rings (SSSR count). The van der Waals surface area contributed by atoms with Gasteiger partial charge in [0.1, 0.15) is 5.82 Å². The number of nitrogens with one attached hydrogen (secondary N) is 1. The normalized spacial score (nSPS) is 12.5. The second-order valence-corrected chi connectivity index (χ2v) is 4.48. The Morgan fingerprint density at radius 1 is 1.53 bits per heavy atom. The molecule has 0 saturated carbocycles. The van der Waals surface area contributed by atoms with Crippen LogP contribution >= 0.6 is 0 Å². The molecule has 4 nitrogen and oxygen atoms in total. The second kappa shape index (κ2) is 7.21. The van der Waals surface area contributed by atoms with Gasteiger partial charge in [-0.15, -0.1) is 0 Å². The lowest BCUT2D eigenvalue weighted by molar-refractivity contribution is -0.120. The molecule has 1 aromatic carbocycles. The number of nitrogens with zero attached hydrogens (tertiary/aromatic N) is 1. The van der Waals surface area contributed by atoms with E-state index in [4.69, 9.17) is 5.11 Å². The minimum Gasteiger partial charge on any atom is -0.395 e. The van der Waals surface area contributed by atoms with Crippen molar-refractivity contribution in [3.05, 3.63) is 29.6 Å². The number of anilines is 1. The fourth-order valence-electron chi connectivity index (χ4n) is 1.84. The molecule has 106 valence electrons. The van der Waals surface area contributed by atoms with E-state index in [2.05, 4.69) is 5.32 Å². The Morgan fingerprint density at radius 2 is 2.21 bits per heavy atom. The third kappa shape index (κ3) is 4.29. The zero-order chi connectivity index (χ0) is 14.4. The molecule has 0 fully saturated rings. The van der Waals surface area contributed by atoms with E-state index in [1.54, 1.807) is 26.0 Å². The summed E-state index contributed by atoms with van der Waals surface area (Å²) in [6, 6.07) is 4.23. The number of carbonyl (C=O) groups excluding carboxylic acids is 1.